The molecule has 0 aliphatic carbocycles. The number of aromatic carboxylic acids is 1. The standard InChI is InChI=1S/C13H14FN3O2S/c1-3-10-6(2)20-13(16-10)17-11-4-7(12(18)19)9(15)5-8(11)14/h4-5H,3,15H2,1-2H3,(H,16,17)(H,18,19). The highest BCUT2D eigenvalue weighted by Crippen LogP contribution is 2.29. The second-order valence-electron chi connectivity index (χ2n) is 4.22. The number of aromatic nitrogens is 1. The summed E-state index contributed by atoms with van der Waals surface area (Å²) in [7, 11) is 0. The SMILES string of the molecule is CCc1nc(Nc2cc(C(=O)O)c(N)cc2F)sc1C. The van der Waals surface area contributed by atoms with Crippen LogP contribution < -0.4 is 11.1 Å². The van der Waals surface area contributed by atoms with E-state index in [1.54, 1.807) is 0 Å². The van der Waals surface area contributed by atoms with Crippen LogP contribution in [0.15, 0.2) is 12.1 Å². The Labute approximate surface area is 119 Å². The summed E-state index contributed by atoms with van der Waals surface area (Å²) in [5.74, 6) is -1.81. The number of carbonyl (C=O) groups is 1. The second-order valence-corrected chi connectivity index (χ2v) is 5.43. The topological polar surface area (TPSA) is 88.2 Å². The molecule has 0 saturated heterocycles. The van der Waals surface area contributed by atoms with Crippen LogP contribution in [0, 0.1) is 12.7 Å². The van der Waals surface area contributed by atoms with Gasteiger partial charge in [0.05, 0.1) is 16.9 Å². The smallest absolute Gasteiger partial charge is 0.337 e. The minimum atomic E-state index is -1.20. The average Bonchev–Trinajstić information content (AvgIpc) is 2.72. The molecule has 0 aliphatic rings. The summed E-state index contributed by atoms with van der Waals surface area (Å²) in [6.07, 6.45) is 0.786. The van der Waals surface area contributed by atoms with Crippen LogP contribution in [0.1, 0.15) is 27.9 Å². The predicted octanol–water partition coefficient (Wildman–Crippen LogP) is 3.18. The molecular weight excluding hydrogens is 281 g/mol. The Kier molecular flexibility index (Phi) is 3.89. The molecule has 2 rings (SSSR count). The first-order valence-electron chi connectivity index (χ1n) is 5.98. The minimum absolute atomic E-state index is 0.0491. The average molecular weight is 295 g/mol. The summed E-state index contributed by atoms with van der Waals surface area (Å²) >= 11 is 1.39. The lowest BCUT2D eigenvalue weighted by Crippen LogP contribution is -2.05. The van der Waals surface area contributed by atoms with Crippen molar-refractivity contribution < 1.29 is 14.3 Å². The Bertz CT molecular complexity index is 670. The summed E-state index contributed by atoms with van der Waals surface area (Å²) < 4.78 is 13.8. The van der Waals surface area contributed by atoms with Gasteiger partial charge in [0.15, 0.2) is 5.13 Å². The normalized spacial score (nSPS) is 10.6. The molecule has 0 aliphatic heterocycles. The van der Waals surface area contributed by atoms with Crippen LogP contribution in [-0.2, 0) is 6.42 Å². The number of hydrogen-bond acceptors (Lipinski definition) is 5. The zero-order chi connectivity index (χ0) is 14.9. The van der Waals surface area contributed by atoms with E-state index in [0.29, 0.717) is 5.13 Å². The van der Waals surface area contributed by atoms with Crippen molar-refractivity contribution in [2.45, 2.75) is 20.3 Å². The van der Waals surface area contributed by atoms with E-state index in [-0.39, 0.29) is 16.9 Å². The Morgan fingerprint density at radius 2 is 2.25 bits per heavy atom. The van der Waals surface area contributed by atoms with Gasteiger partial charge in [-0.05, 0) is 25.5 Å². The highest BCUT2D eigenvalue weighted by atomic mass is 32.1. The van der Waals surface area contributed by atoms with E-state index in [1.807, 2.05) is 13.8 Å². The first-order valence-corrected chi connectivity index (χ1v) is 6.79. The molecule has 0 atom stereocenters. The number of anilines is 3. The van der Waals surface area contributed by atoms with Gasteiger partial charge in [0, 0.05) is 10.6 Å². The summed E-state index contributed by atoms with van der Waals surface area (Å²) in [6.45, 7) is 3.92. The van der Waals surface area contributed by atoms with Gasteiger partial charge in [-0.3, -0.25) is 0 Å². The molecule has 7 heteroatoms. The highest BCUT2D eigenvalue weighted by Gasteiger charge is 2.15. The number of benzene rings is 1. The van der Waals surface area contributed by atoms with Gasteiger partial charge in [-0.2, -0.15) is 0 Å². The van der Waals surface area contributed by atoms with Gasteiger partial charge >= 0.3 is 5.97 Å². The number of halogens is 1. The second kappa shape index (κ2) is 5.46. The number of nitrogens with one attached hydrogen (secondary N) is 1. The lowest BCUT2D eigenvalue weighted by molar-refractivity contribution is 0.0698. The van der Waals surface area contributed by atoms with Crippen LogP contribution in [0.5, 0.6) is 0 Å². The van der Waals surface area contributed by atoms with Crippen LogP contribution in [0.4, 0.5) is 20.9 Å². The first-order chi connectivity index (χ1) is 9.42. The zero-order valence-electron chi connectivity index (χ0n) is 11.0. The maximum Gasteiger partial charge on any atom is 0.337 e. The summed E-state index contributed by atoms with van der Waals surface area (Å²) in [6, 6.07) is 2.17. The Morgan fingerprint density at radius 3 is 2.80 bits per heavy atom. The maximum absolute atomic E-state index is 13.8. The molecule has 1 aromatic carbocycles. The fourth-order valence-corrected chi connectivity index (χ4v) is 2.71. The van der Waals surface area contributed by atoms with Gasteiger partial charge in [0.1, 0.15) is 5.82 Å². The van der Waals surface area contributed by atoms with E-state index in [0.717, 1.165) is 23.1 Å². The fraction of sp³-hybridized carbons (Fsp3) is 0.231. The van der Waals surface area contributed by atoms with Crippen molar-refractivity contribution >= 4 is 33.8 Å². The molecular formula is C13H14FN3O2S. The van der Waals surface area contributed by atoms with Crippen LogP contribution in [0.2, 0.25) is 0 Å². The van der Waals surface area contributed by atoms with E-state index >= 15 is 0 Å². The van der Waals surface area contributed by atoms with Crippen molar-refractivity contribution in [2.75, 3.05) is 11.1 Å². The summed E-state index contributed by atoms with van der Waals surface area (Å²) in [4.78, 5) is 16.4. The third-order valence-electron chi connectivity index (χ3n) is 2.84. The van der Waals surface area contributed by atoms with Gasteiger partial charge in [-0.15, -0.1) is 11.3 Å². The van der Waals surface area contributed by atoms with Crippen molar-refractivity contribution in [2.24, 2.45) is 0 Å². The van der Waals surface area contributed by atoms with Crippen LogP contribution in [0.3, 0.4) is 0 Å². The molecule has 20 heavy (non-hydrogen) atoms. The highest BCUT2D eigenvalue weighted by molar-refractivity contribution is 7.15. The summed E-state index contributed by atoms with van der Waals surface area (Å²) in [5, 5.41) is 12.3. The number of carboxylic acid groups (broad SMARTS) is 1. The molecule has 0 radical (unpaired) electrons. The Morgan fingerprint density at radius 1 is 1.55 bits per heavy atom. The van der Waals surface area contributed by atoms with Crippen molar-refractivity contribution in [3.63, 3.8) is 0 Å². The monoisotopic (exact) mass is 295 g/mol. The Hall–Kier alpha value is -2.15. The first kappa shape index (κ1) is 14.3. The van der Waals surface area contributed by atoms with Crippen LogP contribution in [0.25, 0.3) is 0 Å². The lowest BCUT2D eigenvalue weighted by atomic mass is 10.1. The van der Waals surface area contributed by atoms with Gasteiger partial charge in [-0.1, -0.05) is 6.92 Å². The molecule has 2 aromatic rings. The Balaban J connectivity index is 2.37. The number of thiazole rings is 1. The van der Waals surface area contributed by atoms with Crippen molar-refractivity contribution in [1.82, 2.24) is 4.98 Å². The molecule has 0 amide bonds. The van der Waals surface area contributed by atoms with Crippen molar-refractivity contribution in [3.8, 4) is 0 Å². The van der Waals surface area contributed by atoms with E-state index in [2.05, 4.69) is 10.3 Å². The fourth-order valence-electron chi connectivity index (χ4n) is 1.79. The number of nitrogen functional groups attached to an aromatic ring is 1. The quantitative estimate of drug-likeness (QED) is 0.754. The molecule has 1 aromatic heterocycles. The van der Waals surface area contributed by atoms with Gasteiger partial charge in [0.2, 0.25) is 0 Å². The molecule has 4 N–H and O–H groups in total. The molecule has 1 heterocycles. The van der Waals surface area contributed by atoms with E-state index in [4.69, 9.17) is 10.8 Å². The summed E-state index contributed by atoms with van der Waals surface area (Å²) in [5.41, 5.74) is 6.21. The lowest BCUT2D eigenvalue weighted by Gasteiger charge is -2.08. The number of hydrogen-bond donors (Lipinski definition) is 3. The third kappa shape index (κ3) is 2.72. The largest absolute Gasteiger partial charge is 0.478 e. The number of rotatable bonds is 4. The number of aryl methyl sites for hydroxylation is 2. The molecule has 0 fully saturated rings. The molecule has 5 nitrogen and oxygen atoms in total. The van der Waals surface area contributed by atoms with Gasteiger partial charge in [-0.25, -0.2) is 14.2 Å². The van der Waals surface area contributed by atoms with E-state index in [9.17, 15) is 9.18 Å². The molecule has 0 spiro atoms. The van der Waals surface area contributed by atoms with Gasteiger partial charge < -0.3 is 16.2 Å². The van der Waals surface area contributed by atoms with E-state index in [1.165, 1.54) is 17.4 Å². The third-order valence-corrected chi connectivity index (χ3v) is 3.77. The van der Waals surface area contributed by atoms with E-state index < -0.39 is 11.8 Å². The number of carboxylic acids is 1. The van der Waals surface area contributed by atoms with Crippen LogP contribution >= 0.6 is 11.3 Å². The maximum atomic E-state index is 13.8. The number of nitrogens with two attached hydrogens (primary N) is 1. The molecule has 106 valence electrons. The van der Waals surface area contributed by atoms with Gasteiger partial charge in [0.25, 0.3) is 0 Å². The minimum Gasteiger partial charge on any atom is -0.478 e. The molecule has 0 bridgehead atoms. The number of nitrogens with zero attached hydrogens (tertiary/aromatic N) is 1. The zero-order valence-corrected chi connectivity index (χ0v) is 11.8. The van der Waals surface area contributed by atoms with Crippen LogP contribution in [-0.4, -0.2) is 16.1 Å². The molecule has 0 unspecified atom stereocenters. The van der Waals surface area contributed by atoms with Crippen molar-refractivity contribution in [1.29, 1.82) is 0 Å². The predicted molar refractivity (Wildman–Crippen MR) is 77.3 cm³/mol. The molecule has 0 saturated carbocycles. The van der Waals surface area contributed by atoms with Crippen molar-refractivity contribution in [3.05, 3.63) is 34.1 Å².